The fraction of sp³-hybridized carbons (Fsp3) is 0.588. The van der Waals surface area contributed by atoms with Gasteiger partial charge in [-0.2, -0.15) is 0 Å². The molecule has 1 amide bonds. The second-order valence-electron chi connectivity index (χ2n) is 5.89. The summed E-state index contributed by atoms with van der Waals surface area (Å²) >= 11 is 0. The van der Waals surface area contributed by atoms with Gasteiger partial charge in [0.15, 0.2) is 6.61 Å². The van der Waals surface area contributed by atoms with Crippen LogP contribution in [0.4, 0.5) is 0 Å². The van der Waals surface area contributed by atoms with Gasteiger partial charge in [0.25, 0.3) is 5.91 Å². The van der Waals surface area contributed by atoms with Crippen molar-refractivity contribution in [2.24, 2.45) is 0 Å². The molecule has 1 fully saturated rings. The average molecular weight is 291 g/mol. The van der Waals surface area contributed by atoms with E-state index in [2.05, 4.69) is 19.2 Å². The van der Waals surface area contributed by atoms with Crippen LogP contribution in [0.15, 0.2) is 24.3 Å². The van der Waals surface area contributed by atoms with Crippen LogP contribution < -0.4 is 10.1 Å². The molecule has 0 saturated carbocycles. The van der Waals surface area contributed by atoms with Crippen LogP contribution in [0.25, 0.3) is 0 Å². The van der Waals surface area contributed by atoms with Gasteiger partial charge in [-0.1, -0.05) is 32.0 Å². The summed E-state index contributed by atoms with van der Waals surface area (Å²) < 4.78 is 11.2. The summed E-state index contributed by atoms with van der Waals surface area (Å²) in [6.07, 6.45) is 2.22. The van der Waals surface area contributed by atoms with Crippen LogP contribution in [-0.4, -0.2) is 31.3 Å². The number of carbonyl (C=O) groups excluding carboxylic acids is 1. The van der Waals surface area contributed by atoms with Crippen molar-refractivity contribution in [2.45, 2.75) is 51.7 Å². The highest BCUT2D eigenvalue weighted by molar-refractivity contribution is 5.77. The molecule has 2 atom stereocenters. The van der Waals surface area contributed by atoms with Gasteiger partial charge in [0.05, 0.1) is 12.1 Å². The zero-order valence-electron chi connectivity index (χ0n) is 13.1. The van der Waals surface area contributed by atoms with Gasteiger partial charge in [-0.25, -0.2) is 0 Å². The highest BCUT2D eigenvalue weighted by atomic mass is 16.5. The standard InChI is InChI=1S/C17H25NO3/c1-12(2)14-7-4-5-8-16(14)21-11-17(19)18-13(3)15-9-6-10-20-15/h4-5,7-8,12-13,15H,6,9-11H2,1-3H3,(H,18,19). The molecule has 21 heavy (non-hydrogen) atoms. The molecule has 1 aliphatic rings. The zero-order chi connectivity index (χ0) is 15.2. The molecule has 0 aromatic heterocycles. The normalized spacial score (nSPS) is 19.5. The van der Waals surface area contributed by atoms with E-state index in [0.717, 1.165) is 30.8 Å². The lowest BCUT2D eigenvalue weighted by Crippen LogP contribution is -2.42. The van der Waals surface area contributed by atoms with E-state index < -0.39 is 0 Å². The molecule has 2 rings (SSSR count). The highest BCUT2D eigenvalue weighted by Gasteiger charge is 2.23. The number of amides is 1. The van der Waals surface area contributed by atoms with Crippen molar-refractivity contribution < 1.29 is 14.3 Å². The second kappa shape index (κ2) is 7.46. The Bertz CT molecular complexity index is 467. The van der Waals surface area contributed by atoms with Crippen LogP contribution in [0, 0.1) is 0 Å². The predicted molar refractivity (Wildman–Crippen MR) is 82.6 cm³/mol. The van der Waals surface area contributed by atoms with Crippen LogP contribution in [0.1, 0.15) is 45.1 Å². The third-order valence-corrected chi connectivity index (χ3v) is 3.81. The van der Waals surface area contributed by atoms with Gasteiger partial charge in [-0.3, -0.25) is 4.79 Å². The number of hydrogen-bond donors (Lipinski definition) is 1. The Balaban J connectivity index is 1.83. The lowest BCUT2D eigenvalue weighted by molar-refractivity contribution is -0.124. The van der Waals surface area contributed by atoms with E-state index in [0.29, 0.717) is 5.92 Å². The number of hydrogen-bond acceptors (Lipinski definition) is 3. The highest BCUT2D eigenvalue weighted by Crippen LogP contribution is 2.25. The summed E-state index contributed by atoms with van der Waals surface area (Å²) in [5.74, 6) is 1.05. The molecule has 0 spiro atoms. The molecule has 0 bridgehead atoms. The first-order chi connectivity index (χ1) is 10.1. The largest absolute Gasteiger partial charge is 0.483 e. The predicted octanol–water partition coefficient (Wildman–Crippen LogP) is 2.87. The van der Waals surface area contributed by atoms with Crippen LogP contribution >= 0.6 is 0 Å². The topological polar surface area (TPSA) is 47.6 Å². The Morgan fingerprint density at radius 3 is 2.81 bits per heavy atom. The monoisotopic (exact) mass is 291 g/mol. The molecule has 2 unspecified atom stereocenters. The Hall–Kier alpha value is -1.55. The molecule has 1 heterocycles. The number of rotatable bonds is 6. The minimum absolute atomic E-state index is 0.0314. The van der Waals surface area contributed by atoms with Gasteiger partial charge in [0.1, 0.15) is 5.75 Å². The third kappa shape index (κ3) is 4.46. The smallest absolute Gasteiger partial charge is 0.258 e. The summed E-state index contributed by atoms with van der Waals surface area (Å²) in [5, 5.41) is 2.95. The van der Waals surface area contributed by atoms with Crippen LogP contribution in [0.2, 0.25) is 0 Å². The van der Waals surface area contributed by atoms with E-state index in [4.69, 9.17) is 9.47 Å². The molecule has 1 aromatic carbocycles. The van der Waals surface area contributed by atoms with Crippen molar-refractivity contribution >= 4 is 5.91 Å². The molecule has 1 N–H and O–H groups in total. The van der Waals surface area contributed by atoms with E-state index in [1.54, 1.807) is 0 Å². The van der Waals surface area contributed by atoms with E-state index in [1.165, 1.54) is 0 Å². The summed E-state index contributed by atoms with van der Waals surface area (Å²) in [5.41, 5.74) is 1.12. The second-order valence-corrected chi connectivity index (χ2v) is 5.89. The van der Waals surface area contributed by atoms with Crippen molar-refractivity contribution in [3.63, 3.8) is 0 Å². The summed E-state index contributed by atoms with van der Waals surface area (Å²) in [6.45, 7) is 7.05. The maximum absolute atomic E-state index is 12.0. The molecule has 0 radical (unpaired) electrons. The van der Waals surface area contributed by atoms with Crippen molar-refractivity contribution in [3.8, 4) is 5.75 Å². The number of benzene rings is 1. The van der Waals surface area contributed by atoms with Gasteiger partial charge < -0.3 is 14.8 Å². The Labute approximate surface area is 126 Å². The van der Waals surface area contributed by atoms with E-state index in [-0.39, 0.29) is 24.7 Å². The van der Waals surface area contributed by atoms with Gasteiger partial charge in [-0.15, -0.1) is 0 Å². The fourth-order valence-corrected chi connectivity index (χ4v) is 2.62. The Kier molecular flexibility index (Phi) is 5.62. The molecule has 1 aromatic rings. The lowest BCUT2D eigenvalue weighted by atomic mass is 10.0. The molecular formula is C17H25NO3. The Morgan fingerprint density at radius 1 is 1.38 bits per heavy atom. The number of para-hydroxylation sites is 1. The fourth-order valence-electron chi connectivity index (χ4n) is 2.62. The van der Waals surface area contributed by atoms with Gasteiger partial charge in [0.2, 0.25) is 0 Å². The first-order valence-corrected chi connectivity index (χ1v) is 7.70. The molecule has 0 aliphatic carbocycles. The van der Waals surface area contributed by atoms with Crippen LogP contribution in [0.5, 0.6) is 5.75 Å². The molecule has 4 heteroatoms. The van der Waals surface area contributed by atoms with E-state index >= 15 is 0 Å². The minimum atomic E-state index is -0.100. The number of nitrogens with one attached hydrogen (secondary N) is 1. The number of ether oxygens (including phenoxy) is 2. The van der Waals surface area contributed by atoms with Gasteiger partial charge in [0, 0.05) is 6.61 Å². The Morgan fingerprint density at radius 2 is 2.14 bits per heavy atom. The molecular weight excluding hydrogens is 266 g/mol. The molecule has 4 nitrogen and oxygen atoms in total. The lowest BCUT2D eigenvalue weighted by Gasteiger charge is -2.20. The van der Waals surface area contributed by atoms with Crippen LogP contribution in [0.3, 0.4) is 0 Å². The SMILES string of the molecule is CC(C)c1ccccc1OCC(=O)NC(C)C1CCCO1. The van der Waals surface area contributed by atoms with Crippen molar-refractivity contribution in [3.05, 3.63) is 29.8 Å². The van der Waals surface area contributed by atoms with Gasteiger partial charge in [-0.05, 0) is 37.3 Å². The summed E-state index contributed by atoms with van der Waals surface area (Å²) in [4.78, 5) is 12.0. The minimum Gasteiger partial charge on any atom is -0.483 e. The average Bonchev–Trinajstić information content (AvgIpc) is 2.99. The van der Waals surface area contributed by atoms with Gasteiger partial charge >= 0.3 is 0 Å². The first-order valence-electron chi connectivity index (χ1n) is 7.70. The third-order valence-electron chi connectivity index (χ3n) is 3.81. The van der Waals surface area contributed by atoms with Crippen molar-refractivity contribution in [1.29, 1.82) is 0 Å². The van der Waals surface area contributed by atoms with Crippen molar-refractivity contribution in [2.75, 3.05) is 13.2 Å². The maximum Gasteiger partial charge on any atom is 0.258 e. The maximum atomic E-state index is 12.0. The summed E-state index contributed by atoms with van der Waals surface area (Å²) in [6, 6.07) is 7.89. The molecule has 1 saturated heterocycles. The summed E-state index contributed by atoms with van der Waals surface area (Å²) in [7, 11) is 0. The first kappa shape index (κ1) is 15.8. The van der Waals surface area contributed by atoms with E-state index in [1.807, 2.05) is 31.2 Å². The quantitative estimate of drug-likeness (QED) is 0.876. The zero-order valence-corrected chi connectivity index (χ0v) is 13.1. The van der Waals surface area contributed by atoms with Crippen LogP contribution in [-0.2, 0) is 9.53 Å². The molecule has 116 valence electrons. The number of carbonyl (C=O) groups is 1. The molecule has 1 aliphatic heterocycles. The van der Waals surface area contributed by atoms with E-state index in [9.17, 15) is 4.79 Å². The van der Waals surface area contributed by atoms with Crippen molar-refractivity contribution in [1.82, 2.24) is 5.32 Å².